The third-order valence-electron chi connectivity index (χ3n) is 5.89. The zero-order valence-corrected chi connectivity index (χ0v) is 19.7. The van der Waals surface area contributed by atoms with E-state index in [1.807, 2.05) is 0 Å². The van der Waals surface area contributed by atoms with Gasteiger partial charge in [0.05, 0.1) is 11.4 Å². The predicted molar refractivity (Wildman–Crippen MR) is 136 cm³/mol. The first kappa shape index (κ1) is 20.0. The zero-order valence-electron chi connectivity index (χ0n) is 18.1. The molecular formula is C27H24N2S2. The van der Waals surface area contributed by atoms with Gasteiger partial charge in [-0.2, -0.15) is 0 Å². The van der Waals surface area contributed by atoms with Crippen molar-refractivity contribution in [3.63, 3.8) is 0 Å². The number of hydrogen-bond acceptors (Lipinski definition) is 3. The van der Waals surface area contributed by atoms with Gasteiger partial charge in [-0.05, 0) is 67.3 Å². The van der Waals surface area contributed by atoms with Crippen LogP contribution >= 0.6 is 22.7 Å². The van der Waals surface area contributed by atoms with Gasteiger partial charge in [-0.15, -0.1) is 22.7 Å². The highest BCUT2D eigenvalue weighted by atomic mass is 32.1. The van der Waals surface area contributed by atoms with E-state index in [-0.39, 0.29) is 0 Å². The highest BCUT2D eigenvalue weighted by Gasteiger charge is 2.26. The Kier molecular flexibility index (Phi) is 5.12. The van der Waals surface area contributed by atoms with Crippen LogP contribution in [0.25, 0.3) is 21.6 Å². The van der Waals surface area contributed by atoms with E-state index in [0.29, 0.717) is 0 Å². The first-order valence-corrected chi connectivity index (χ1v) is 12.2. The number of nitrogens with zero attached hydrogens (tertiary/aromatic N) is 1. The van der Waals surface area contributed by atoms with Gasteiger partial charge in [0.1, 0.15) is 0 Å². The molecule has 4 heterocycles. The molecule has 0 unspecified atom stereocenters. The normalized spacial score (nSPS) is 15.5. The van der Waals surface area contributed by atoms with Gasteiger partial charge in [0.15, 0.2) is 0 Å². The van der Waals surface area contributed by atoms with Gasteiger partial charge >= 0.3 is 0 Å². The van der Waals surface area contributed by atoms with Crippen LogP contribution in [0.2, 0.25) is 0 Å². The maximum Gasteiger partial charge on any atom is 0.0768 e. The monoisotopic (exact) mass is 440 g/mol. The lowest BCUT2D eigenvalue weighted by Gasteiger charge is -2.12. The summed E-state index contributed by atoms with van der Waals surface area (Å²) in [7, 11) is 0. The molecule has 1 aliphatic rings. The zero-order chi connectivity index (χ0) is 21.5. The van der Waals surface area contributed by atoms with Gasteiger partial charge in [-0.1, -0.05) is 42.5 Å². The van der Waals surface area contributed by atoms with Crippen LogP contribution in [-0.4, -0.2) is 10.7 Å². The van der Waals surface area contributed by atoms with E-state index in [1.165, 1.54) is 48.9 Å². The Balaban J connectivity index is 1.80. The van der Waals surface area contributed by atoms with Gasteiger partial charge in [-0.25, -0.2) is 0 Å². The van der Waals surface area contributed by atoms with Crippen LogP contribution in [0.1, 0.15) is 41.2 Å². The summed E-state index contributed by atoms with van der Waals surface area (Å²) in [6.07, 6.45) is 0. The Morgan fingerprint density at radius 3 is 2.13 bits per heavy atom. The Bertz CT molecular complexity index is 1330. The molecule has 0 saturated carbocycles. The van der Waals surface area contributed by atoms with Gasteiger partial charge < -0.3 is 4.98 Å². The third-order valence-corrected chi connectivity index (χ3v) is 7.67. The lowest BCUT2D eigenvalue weighted by atomic mass is 9.93. The number of benzene rings is 1. The van der Waals surface area contributed by atoms with Crippen LogP contribution in [0, 0.1) is 13.8 Å². The summed E-state index contributed by atoms with van der Waals surface area (Å²) in [5.41, 5.74) is 11.9. The molecule has 0 spiro atoms. The Labute approximate surface area is 191 Å². The number of hydrogen-bond donors (Lipinski definition) is 1. The Hall–Kier alpha value is -2.95. The second-order valence-electron chi connectivity index (χ2n) is 7.87. The molecule has 0 bridgehead atoms. The molecule has 0 aliphatic carbocycles. The van der Waals surface area contributed by atoms with Crippen LogP contribution in [0.3, 0.4) is 0 Å². The standard InChI is InChI=1S/C27H24N2S2/c1-16-23(21-12-8-14-30-21)18(3)28-26(16)25(20-10-6-5-7-11-20)27-17(2)24(19(4)29-27)22-13-9-15-31-22/h5-15,28H,1-4H3/b27-25-. The van der Waals surface area contributed by atoms with Crippen molar-refractivity contribution in [1.29, 1.82) is 0 Å². The largest absolute Gasteiger partial charge is 0.358 e. The fourth-order valence-electron chi connectivity index (χ4n) is 4.52. The summed E-state index contributed by atoms with van der Waals surface area (Å²) in [5.74, 6) is 0. The fourth-order valence-corrected chi connectivity index (χ4v) is 6.28. The number of thiophene rings is 2. The number of aliphatic imine (C=N–C) groups is 1. The van der Waals surface area contributed by atoms with Crippen LogP contribution < -0.4 is 0 Å². The maximum atomic E-state index is 5.11. The van der Waals surface area contributed by atoms with E-state index >= 15 is 0 Å². The number of aromatic amines is 1. The third kappa shape index (κ3) is 3.36. The van der Waals surface area contributed by atoms with Gasteiger partial charge in [0, 0.05) is 37.9 Å². The van der Waals surface area contributed by atoms with Crippen molar-refractivity contribution in [3.8, 4) is 10.4 Å². The van der Waals surface area contributed by atoms with Crippen molar-refractivity contribution in [2.75, 3.05) is 0 Å². The number of H-pyrrole nitrogens is 1. The van der Waals surface area contributed by atoms with E-state index in [0.717, 1.165) is 17.1 Å². The maximum absolute atomic E-state index is 5.11. The molecule has 31 heavy (non-hydrogen) atoms. The van der Waals surface area contributed by atoms with E-state index in [2.05, 4.69) is 98.0 Å². The highest BCUT2D eigenvalue weighted by molar-refractivity contribution is 7.13. The summed E-state index contributed by atoms with van der Waals surface area (Å²) in [6, 6.07) is 19.3. The molecule has 5 rings (SSSR count). The van der Waals surface area contributed by atoms with Crippen molar-refractivity contribution in [3.05, 3.63) is 104 Å². The second kappa shape index (κ2) is 7.95. The summed E-state index contributed by atoms with van der Waals surface area (Å²) in [6.45, 7) is 8.72. The van der Waals surface area contributed by atoms with Crippen LogP contribution in [0.5, 0.6) is 0 Å². The Morgan fingerprint density at radius 2 is 1.48 bits per heavy atom. The van der Waals surface area contributed by atoms with E-state index in [9.17, 15) is 0 Å². The molecule has 0 atom stereocenters. The smallest absolute Gasteiger partial charge is 0.0768 e. The van der Waals surface area contributed by atoms with Crippen LogP contribution in [0.15, 0.2) is 81.6 Å². The summed E-state index contributed by atoms with van der Waals surface area (Å²) >= 11 is 3.56. The highest BCUT2D eigenvalue weighted by Crippen LogP contribution is 2.43. The first-order chi connectivity index (χ1) is 15.1. The van der Waals surface area contributed by atoms with Crippen molar-refractivity contribution < 1.29 is 0 Å². The molecule has 0 radical (unpaired) electrons. The van der Waals surface area contributed by atoms with Crippen LogP contribution in [-0.2, 0) is 0 Å². The predicted octanol–water partition coefficient (Wildman–Crippen LogP) is 8.13. The minimum absolute atomic E-state index is 1.06. The number of aryl methyl sites for hydroxylation is 1. The first-order valence-electron chi connectivity index (χ1n) is 10.4. The number of aromatic nitrogens is 1. The minimum Gasteiger partial charge on any atom is -0.358 e. The summed E-state index contributed by atoms with van der Waals surface area (Å²) in [4.78, 5) is 11.4. The fraction of sp³-hybridized carbons (Fsp3) is 0.148. The SMILES string of the molecule is CC1=N/C(=C(/c2ccccc2)c2[nH]c(C)c(-c3cccs3)c2C)C(C)=C1c1cccs1. The molecule has 4 heteroatoms. The number of allylic oxidation sites excluding steroid dienone is 2. The van der Waals surface area contributed by atoms with Crippen molar-refractivity contribution in [2.24, 2.45) is 4.99 Å². The van der Waals surface area contributed by atoms with Gasteiger partial charge in [-0.3, -0.25) is 4.99 Å². The summed E-state index contributed by atoms with van der Waals surface area (Å²) in [5, 5.41) is 4.27. The van der Waals surface area contributed by atoms with Crippen molar-refractivity contribution in [1.82, 2.24) is 4.98 Å². The van der Waals surface area contributed by atoms with Gasteiger partial charge in [0.25, 0.3) is 0 Å². The number of rotatable bonds is 4. The molecule has 0 saturated heterocycles. The van der Waals surface area contributed by atoms with Crippen LogP contribution in [0.4, 0.5) is 0 Å². The topological polar surface area (TPSA) is 28.1 Å². The molecule has 1 N–H and O–H groups in total. The van der Waals surface area contributed by atoms with Crippen molar-refractivity contribution in [2.45, 2.75) is 27.7 Å². The Morgan fingerprint density at radius 1 is 0.806 bits per heavy atom. The molecule has 4 aromatic rings. The number of nitrogens with one attached hydrogen (secondary N) is 1. The summed E-state index contributed by atoms with van der Waals surface area (Å²) < 4.78 is 0. The molecule has 0 amide bonds. The minimum atomic E-state index is 1.06. The van der Waals surface area contributed by atoms with E-state index < -0.39 is 0 Å². The van der Waals surface area contributed by atoms with E-state index in [1.54, 1.807) is 22.7 Å². The molecule has 1 aromatic carbocycles. The quantitative estimate of drug-likeness (QED) is 0.332. The molecule has 154 valence electrons. The molecular weight excluding hydrogens is 416 g/mol. The lowest BCUT2D eigenvalue weighted by molar-refractivity contribution is 1.21. The molecule has 3 aromatic heterocycles. The molecule has 0 fully saturated rings. The van der Waals surface area contributed by atoms with Gasteiger partial charge in [0.2, 0.25) is 0 Å². The lowest BCUT2D eigenvalue weighted by Crippen LogP contribution is -1.96. The second-order valence-corrected chi connectivity index (χ2v) is 9.76. The van der Waals surface area contributed by atoms with Crippen molar-refractivity contribution >= 4 is 39.5 Å². The molecule has 1 aliphatic heterocycles. The molecule has 2 nitrogen and oxygen atoms in total. The average molecular weight is 441 g/mol. The van der Waals surface area contributed by atoms with E-state index in [4.69, 9.17) is 4.99 Å². The average Bonchev–Trinajstić information content (AvgIpc) is 3.54.